The van der Waals surface area contributed by atoms with E-state index in [0.717, 1.165) is 13.1 Å². The van der Waals surface area contributed by atoms with E-state index in [4.69, 9.17) is 10.00 Å². The van der Waals surface area contributed by atoms with Gasteiger partial charge in [-0.05, 0) is 44.5 Å². The van der Waals surface area contributed by atoms with Crippen molar-refractivity contribution in [3.63, 3.8) is 0 Å². The lowest BCUT2D eigenvalue weighted by molar-refractivity contribution is 0.208. The fraction of sp³-hybridized carbons (Fsp3) is 0.588. The minimum Gasteiger partial charge on any atom is -0.495 e. The largest absolute Gasteiger partial charge is 0.495 e. The quantitative estimate of drug-likeness (QED) is 0.673. The molecule has 1 aromatic rings. The Morgan fingerprint density at radius 1 is 1.30 bits per heavy atom. The molecule has 0 heterocycles. The summed E-state index contributed by atoms with van der Waals surface area (Å²) in [7, 11) is 1.61. The van der Waals surface area contributed by atoms with Crippen LogP contribution < -0.4 is 4.74 Å². The van der Waals surface area contributed by atoms with Gasteiger partial charge in [0, 0.05) is 12.6 Å². The number of nitrogens with zero attached hydrogens (tertiary/aromatic N) is 2. The summed E-state index contributed by atoms with van der Waals surface area (Å²) in [4.78, 5) is 2.47. The Labute approximate surface area is 123 Å². The second-order valence-electron chi connectivity index (χ2n) is 5.42. The Morgan fingerprint density at radius 3 is 2.60 bits per heavy atom. The molecule has 0 aliphatic rings. The van der Waals surface area contributed by atoms with Crippen LogP contribution >= 0.6 is 0 Å². The number of nitriles is 1. The molecular weight excluding hydrogens is 248 g/mol. The van der Waals surface area contributed by atoms with Gasteiger partial charge in [-0.2, -0.15) is 5.26 Å². The normalized spacial score (nSPS) is 10.8. The number of methoxy groups -OCH3 is 1. The molecule has 0 saturated heterocycles. The van der Waals surface area contributed by atoms with Crippen LogP contribution in [0.25, 0.3) is 0 Å². The lowest BCUT2D eigenvalue weighted by Crippen LogP contribution is -2.31. The van der Waals surface area contributed by atoms with E-state index in [1.54, 1.807) is 7.11 Å². The van der Waals surface area contributed by atoms with E-state index in [1.807, 2.05) is 18.2 Å². The first-order valence-electron chi connectivity index (χ1n) is 7.43. The molecule has 20 heavy (non-hydrogen) atoms. The average molecular weight is 274 g/mol. The zero-order valence-electron chi connectivity index (χ0n) is 13.1. The molecule has 0 fully saturated rings. The summed E-state index contributed by atoms with van der Waals surface area (Å²) in [6.45, 7) is 8.71. The first kappa shape index (κ1) is 16.5. The van der Waals surface area contributed by atoms with E-state index in [9.17, 15) is 0 Å². The number of hydrogen-bond donors (Lipinski definition) is 0. The van der Waals surface area contributed by atoms with Gasteiger partial charge in [-0.25, -0.2) is 0 Å². The summed E-state index contributed by atoms with van der Waals surface area (Å²) in [5, 5.41) is 9.01. The lowest BCUT2D eigenvalue weighted by atomic mass is 10.1. The van der Waals surface area contributed by atoms with Crippen LogP contribution in [-0.4, -0.2) is 24.6 Å². The van der Waals surface area contributed by atoms with E-state index < -0.39 is 0 Å². The van der Waals surface area contributed by atoms with Crippen molar-refractivity contribution in [2.75, 3.05) is 13.7 Å². The molecule has 0 amide bonds. The first-order chi connectivity index (χ1) is 9.62. The average Bonchev–Trinajstić information content (AvgIpc) is 2.46. The van der Waals surface area contributed by atoms with Crippen LogP contribution in [0.15, 0.2) is 18.2 Å². The minimum atomic E-state index is 0.522. The van der Waals surface area contributed by atoms with Gasteiger partial charge in [-0.15, -0.1) is 0 Å². The molecule has 0 bridgehead atoms. The van der Waals surface area contributed by atoms with Gasteiger partial charge in [0.2, 0.25) is 0 Å². The molecule has 0 N–H and O–H groups in total. The Bertz CT molecular complexity index is 449. The van der Waals surface area contributed by atoms with Crippen molar-refractivity contribution >= 4 is 0 Å². The number of unbranched alkanes of at least 4 members (excludes halogenated alkanes) is 2. The van der Waals surface area contributed by atoms with Gasteiger partial charge >= 0.3 is 0 Å². The molecule has 0 radical (unpaired) electrons. The van der Waals surface area contributed by atoms with Crippen LogP contribution in [0.5, 0.6) is 5.75 Å². The van der Waals surface area contributed by atoms with Gasteiger partial charge in [0.05, 0.1) is 12.7 Å². The Balaban J connectivity index is 2.75. The zero-order chi connectivity index (χ0) is 15.0. The molecule has 1 rings (SSSR count). The van der Waals surface area contributed by atoms with Gasteiger partial charge in [0.15, 0.2) is 0 Å². The molecule has 110 valence electrons. The van der Waals surface area contributed by atoms with Crippen molar-refractivity contribution in [2.24, 2.45) is 0 Å². The standard InChI is InChI=1S/C17H26N2O/c1-5-6-7-10-19(14(2)3)13-15-8-9-16(12-18)17(11-15)20-4/h8-9,11,14H,5-7,10,13H2,1-4H3. The van der Waals surface area contributed by atoms with Crippen molar-refractivity contribution in [1.29, 1.82) is 5.26 Å². The van der Waals surface area contributed by atoms with Crippen molar-refractivity contribution < 1.29 is 4.74 Å². The summed E-state index contributed by atoms with van der Waals surface area (Å²) >= 11 is 0. The zero-order valence-corrected chi connectivity index (χ0v) is 13.1. The molecule has 0 spiro atoms. The van der Waals surface area contributed by atoms with Crippen LogP contribution in [0, 0.1) is 11.3 Å². The maximum atomic E-state index is 9.01. The van der Waals surface area contributed by atoms with E-state index in [1.165, 1.54) is 24.8 Å². The number of hydrogen-bond acceptors (Lipinski definition) is 3. The summed E-state index contributed by atoms with van der Waals surface area (Å²) < 4.78 is 5.28. The Hall–Kier alpha value is -1.53. The van der Waals surface area contributed by atoms with Crippen LogP contribution in [0.3, 0.4) is 0 Å². The summed E-state index contributed by atoms with van der Waals surface area (Å²) in [6.07, 6.45) is 3.76. The third-order valence-corrected chi connectivity index (χ3v) is 3.55. The predicted octanol–water partition coefficient (Wildman–Crippen LogP) is 3.97. The predicted molar refractivity (Wildman–Crippen MR) is 82.8 cm³/mol. The molecule has 0 unspecified atom stereocenters. The molecule has 3 nitrogen and oxygen atoms in total. The first-order valence-corrected chi connectivity index (χ1v) is 7.43. The molecule has 0 saturated carbocycles. The topological polar surface area (TPSA) is 36.3 Å². The number of benzene rings is 1. The summed E-state index contributed by atoms with van der Waals surface area (Å²) in [6, 6.07) is 8.52. The maximum absolute atomic E-state index is 9.01. The number of rotatable bonds is 8. The molecule has 0 aromatic heterocycles. The highest BCUT2D eigenvalue weighted by atomic mass is 16.5. The van der Waals surface area contributed by atoms with Crippen molar-refractivity contribution in [1.82, 2.24) is 4.90 Å². The fourth-order valence-electron chi connectivity index (χ4n) is 2.25. The van der Waals surface area contributed by atoms with E-state index in [-0.39, 0.29) is 0 Å². The Kier molecular flexibility index (Phi) is 7.11. The second kappa shape index (κ2) is 8.60. The second-order valence-corrected chi connectivity index (χ2v) is 5.42. The van der Waals surface area contributed by atoms with E-state index >= 15 is 0 Å². The maximum Gasteiger partial charge on any atom is 0.136 e. The van der Waals surface area contributed by atoms with Crippen molar-refractivity contribution in [3.8, 4) is 11.8 Å². The van der Waals surface area contributed by atoms with Crippen molar-refractivity contribution in [2.45, 2.75) is 52.6 Å². The van der Waals surface area contributed by atoms with Gasteiger partial charge in [0.25, 0.3) is 0 Å². The lowest BCUT2D eigenvalue weighted by Gasteiger charge is -2.26. The third kappa shape index (κ3) is 4.86. The molecule has 0 atom stereocenters. The smallest absolute Gasteiger partial charge is 0.136 e. The molecular formula is C17H26N2O. The van der Waals surface area contributed by atoms with Crippen molar-refractivity contribution in [3.05, 3.63) is 29.3 Å². The van der Waals surface area contributed by atoms with Gasteiger partial charge < -0.3 is 4.74 Å². The monoisotopic (exact) mass is 274 g/mol. The van der Waals surface area contributed by atoms with Crippen LogP contribution in [0.2, 0.25) is 0 Å². The van der Waals surface area contributed by atoms with E-state index in [0.29, 0.717) is 17.4 Å². The molecule has 0 aliphatic heterocycles. The molecule has 1 aromatic carbocycles. The minimum absolute atomic E-state index is 0.522. The summed E-state index contributed by atoms with van der Waals surface area (Å²) in [5.74, 6) is 0.669. The van der Waals surface area contributed by atoms with E-state index in [2.05, 4.69) is 31.7 Å². The SMILES string of the molecule is CCCCCN(Cc1ccc(C#N)c(OC)c1)C(C)C. The highest BCUT2D eigenvalue weighted by Crippen LogP contribution is 2.21. The molecule has 3 heteroatoms. The van der Waals surface area contributed by atoms with Crippen LogP contribution in [0.4, 0.5) is 0 Å². The number of ether oxygens (including phenoxy) is 1. The fourth-order valence-corrected chi connectivity index (χ4v) is 2.25. The van der Waals surface area contributed by atoms with Gasteiger partial charge in [-0.3, -0.25) is 4.90 Å². The Morgan fingerprint density at radius 2 is 2.05 bits per heavy atom. The highest BCUT2D eigenvalue weighted by molar-refractivity contribution is 5.45. The van der Waals surface area contributed by atoms with Gasteiger partial charge in [0.1, 0.15) is 11.8 Å². The van der Waals surface area contributed by atoms with Crippen LogP contribution in [-0.2, 0) is 6.54 Å². The molecule has 0 aliphatic carbocycles. The third-order valence-electron chi connectivity index (χ3n) is 3.55. The summed E-state index contributed by atoms with van der Waals surface area (Å²) in [5.41, 5.74) is 1.80. The van der Waals surface area contributed by atoms with Gasteiger partial charge in [-0.1, -0.05) is 25.8 Å². The highest BCUT2D eigenvalue weighted by Gasteiger charge is 2.11. The van der Waals surface area contributed by atoms with Crippen LogP contribution in [0.1, 0.15) is 51.2 Å².